The van der Waals surface area contributed by atoms with E-state index in [4.69, 9.17) is 10.2 Å². The second kappa shape index (κ2) is 10.3. The van der Waals surface area contributed by atoms with Crippen LogP contribution >= 0.6 is 0 Å². The Kier molecular flexibility index (Phi) is 7.25. The third-order valence-electron chi connectivity index (χ3n) is 9.26. The molecule has 5 rings (SSSR count). The second-order valence-electron chi connectivity index (χ2n) is 11.5. The van der Waals surface area contributed by atoms with Crippen LogP contribution in [0.3, 0.4) is 0 Å². The van der Waals surface area contributed by atoms with Gasteiger partial charge in [-0.15, -0.1) is 0 Å². The number of phenols is 1. The molecule has 1 heterocycles. The number of furan rings is 1. The molecule has 11 heteroatoms. The number of rotatable bonds is 7. The van der Waals surface area contributed by atoms with Crippen molar-refractivity contribution >= 4 is 29.0 Å². The average molecular weight is 566 g/mol. The molecule has 4 N–H and O–H groups in total. The van der Waals surface area contributed by atoms with Crippen LogP contribution in [0.5, 0.6) is 5.75 Å². The summed E-state index contributed by atoms with van der Waals surface area (Å²) in [6, 6.07) is 2.44. The fourth-order valence-electron chi connectivity index (χ4n) is 7.21. The number of fused-ring (bicyclic) bond motifs is 3. The van der Waals surface area contributed by atoms with Crippen molar-refractivity contribution in [1.82, 2.24) is 9.80 Å². The maximum absolute atomic E-state index is 14.2. The molecule has 0 radical (unpaired) electrons. The molecule has 1 aromatic heterocycles. The molecule has 1 aromatic carbocycles. The second-order valence-corrected chi connectivity index (χ2v) is 11.5. The maximum Gasteiger partial charge on any atom is 0.235 e. The molecule has 1 amide bonds. The van der Waals surface area contributed by atoms with E-state index in [1.54, 1.807) is 26.4 Å². The van der Waals surface area contributed by atoms with E-state index in [0.717, 1.165) is 0 Å². The fourth-order valence-corrected chi connectivity index (χ4v) is 7.21. The van der Waals surface area contributed by atoms with Gasteiger partial charge in [0.1, 0.15) is 5.75 Å². The Hall–Kier alpha value is -3.67. The number of nitrogens with two attached hydrogens (primary N) is 1. The largest absolute Gasteiger partial charge is 0.507 e. The van der Waals surface area contributed by atoms with E-state index < -0.39 is 64.4 Å². The molecule has 3 aliphatic carbocycles. The normalized spacial score (nSPS) is 29.5. The van der Waals surface area contributed by atoms with Gasteiger partial charge in [-0.25, -0.2) is 0 Å². The van der Waals surface area contributed by atoms with Gasteiger partial charge in [0.25, 0.3) is 0 Å². The van der Waals surface area contributed by atoms with Crippen molar-refractivity contribution in [3.63, 3.8) is 0 Å². The number of primary amides is 1. The van der Waals surface area contributed by atoms with E-state index in [1.807, 2.05) is 19.9 Å². The van der Waals surface area contributed by atoms with Gasteiger partial charge < -0.3 is 20.4 Å². The van der Waals surface area contributed by atoms with Crippen LogP contribution in [0.15, 0.2) is 29.1 Å². The minimum absolute atomic E-state index is 0.00329. The molecule has 2 fully saturated rings. The van der Waals surface area contributed by atoms with Crippen LogP contribution in [0.1, 0.15) is 41.8 Å². The molecular weight excluding hydrogens is 530 g/mol. The minimum Gasteiger partial charge on any atom is -0.507 e. The van der Waals surface area contributed by atoms with Gasteiger partial charge in [0, 0.05) is 23.6 Å². The number of hydrogen-bond acceptors (Lipinski definition) is 10. The lowest BCUT2D eigenvalue weighted by Crippen LogP contribution is -2.74. The molecule has 0 aliphatic heterocycles. The lowest BCUT2D eigenvalue weighted by atomic mass is 9.52. The Balaban J connectivity index is 1.68. The number of benzene rings is 1. The molecule has 2 aromatic rings. The highest BCUT2D eigenvalue weighted by Gasteiger charge is 2.69. The molecule has 3 aliphatic rings. The van der Waals surface area contributed by atoms with Crippen LogP contribution in [-0.2, 0) is 32.1 Å². The van der Waals surface area contributed by atoms with Gasteiger partial charge in [-0.05, 0) is 69.2 Å². The number of carbonyl (C=O) groups is 5. The van der Waals surface area contributed by atoms with E-state index in [-0.39, 0.29) is 24.2 Å². The lowest BCUT2D eigenvalue weighted by Gasteiger charge is -2.52. The molecule has 218 valence electrons. The summed E-state index contributed by atoms with van der Waals surface area (Å²) in [5.74, 6) is -10.6. The summed E-state index contributed by atoms with van der Waals surface area (Å²) in [7, 11) is 3.11. The predicted molar refractivity (Wildman–Crippen MR) is 146 cm³/mol. The highest BCUT2D eigenvalue weighted by atomic mass is 16.3. The van der Waals surface area contributed by atoms with Crippen molar-refractivity contribution in [2.24, 2.45) is 29.4 Å². The number of amides is 1. The van der Waals surface area contributed by atoms with Gasteiger partial charge in [0.05, 0.1) is 30.0 Å². The Morgan fingerprint density at radius 3 is 2.39 bits per heavy atom. The highest BCUT2D eigenvalue weighted by Crippen LogP contribution is 2.52. The van der Waals surface area contributed by atoms with Crippen molar-refractivity contribution in [1.29, 1.82) is 0 Å². The molecule has 0 saturated heterocycles. The Labute approximate surface area is 237 Å². The van der Waals surface area contributed by atoms with Crippen LogP contribution < -0.4 is 5.73 Å². The number of carbonyl (C=O) groups excluding carboxylic acids is 5. The summed E-state index contributed by atoms with van der Waals surface area (Å²) in [4.78, 5) is 70.7. The molecule has 11 nitrogen and oxygen atoms in total. The maximum atomic E-state index is 14.2. The summed E-state index contributed by atoms with van der Waals surface area (Å²) >= 11 is 0. The van der Waals surface area contributed by atoms with Crippen molar-refractivity contribution in [3.05, 3.63) is 41.3 Å². The van der Waals surface area contributed by atoms with Gasteiger partial charge in [-0.1, -0.05) is 13.8 Å². The number of phenolic OH excluding ortho intramolecular Hbond substituents is 1. The zero-order valence-corrected chi connectivity index (χ0v) is 23.5. The summed E-state index contributed by atoms with van der Waals surface area (Å²) in [5, 5.41) is 23.2. The van der Waals surface area contributed by atoms with E-state index in [0.29, 0.717) is 41.9 Å². The number of hydrogen-bond donors (Lipinski definition) is 3. The molecule has 6 atom stereocenters. The number of aromatic hydroxyl groups is 1. The van der Waals surface area contributed by atoms with Gasteiger partial charge in [-0.3, -0.25) is 33.8 Å². The lowest BCUT2D eigenvalue weighted by molar-refractivity contribution is -0.181. The first kappa shape index (κ1) is 28.8. The zero-order chi connectivity index (χ0) is 30.0. The van der Waals surface area contributed by atoms with E-state index in [1.165, 1.54) is 11.2 Å². The van der Waals surface area contributed by atoms with Gasteiger partial charge >= 0.3 is 0 Å². The van der Waals surface area contributed by atoms with Crippen molar-refractivity contribution in [3.8, 4) is 16.9 Å². The minimum atomic E-state index is -2.75. The van der Waals surface area contributed by atoms with Gasteiger partial charge in [-0.2, -0.15) is 0 Å². The van der Waals surface area contributed by atoms with E-state index in [9.17, 15) is 34.2 Å². The summed E-state index contributed by atoms with van der Waals surface area (Å²) in [5.41, 5.74) is 5.04. The molecule has 0 spiro atoms. The Morgan fingerprint density at radius 2 is 1.83 bits per heavy atom. The third-order valence-corrected chi connectivity index (χ3v) is 9.26. The van der Waals surface area contributed by atoms with Crippen molar-refractivity contribution in [2.75, 3.05) is 27.2 Å². The van der Waals surface area contributed by atoms with Crippen LogP contribution in [0, 0.1) is 23.7 Å². The number of Topliss-reactive ketones (excluding diaryl/α,β-unsaturated/α-hetero) is 4. The molecular formula is C30H35N3O8. The zero-order valence-electron chi connectivity index (χ0n) is 23.5. The predicted octanol–water partition coefficient (Wildman–Crippen LogP) is 0.969. The number of ketones is 4. The SMILES string of the molecule is CCN(CC)Cc1cc(-c2ccoc2)c2c(c1O)C(=O)C1C(=O)[C@]3(O)C(=O)C(C(N)=O)C(=O)[C@@H](N(C)C)[C@@H]3C[C@@H]1C2. The van der Waals surface area contributed by atoms with Crippen LogP contribution in [-0.4, -0.2) is 87.9 Å². The topological polar surface area (TPSA) is 171 Å². The fraction of sp³-hybridized carbons (Fsp3) is 0.500. The van der Waals surface area contributed by atoms with E-state index >= 15 is 0 Å². The van der Waals surface area contributed by atoms with Crippen LogP contribution in [0.2, 0.25) is 0 Å². The summed E-state index contributed by atoms with van der Waals surface area (Å²) in [6.07, 6.45) is 3.23. The number of likely N-dealkylation sites (N-methyl/N-ethyl adjacent to an activating group) is 1. The van der Waals surface area contributed by atoms with Gasteiger partial charge in [0.2, 0.25) is 5.91 Å². The Bertz CT molecular complexity index is 1440. The standard InChI is InChI=1S/C30H35N3O8/c1-5-33(6-2)12-16-10-17(14-7-8-41-13-14)18-9-15-11-19-23(32(3)4)26(36)22(29(31)39)28(38)30(19,40)27(37)20(15)25(35)21(18)24(16)34/h7-8,10,13,15,19-20,22-23,34,40H,5-6,9,11-12H2,1-4H3,(H2,31,39)/t15-,19-,20?,22?,23-,30-/m0/s1. The highest BCUT2D eigenvalue weighted by molar-refractivity contribution is 6.32. The third kappa shape index (κ3) is 4.17. The Morgan fingerprint density at radius 1 is 1.15 bits per heavy atom. The first-order valence-corrected chi connectivity index (χ1v) is 13.9. The number of nitrogens with zero attached hydrogens (tertiary/aromatic N) is 2. The van der Waals surface area contributed by atoms with Crippen molar-refractivity contribution in [2.45, 2.75) is 44.9 Å². The van der Waals surface area contributed by atoms with Crippen molar-refractivity contribution < 1.29 is 38.6 Å². The van der Waals surface area contributed by atoms with E-state index in [2.05, 4.69) is 4.90 Å². The smallest absolute Gasteiger partial charge is 0.235 e. The first-order chi connectivity index (χ1) is 19.4. The summed E-state index contributed by atoms with van der Waals surface area (Å²) in [6.45, 7) is 5.72. The molecule has 2 saturated carbocycles. The quantitative estimate of drug-likeness (QED) is 0.411. The average Bonchev–Trinajstić information content (AvgIpc) is 3.45. The van der Waals surface area contributed by atoms with Gasteiger partial charge in [0.15, 0.2) is 34.7 Å². The summed E-state index contributed by atoms with van der Waals surface area (Å²) < 4.78 is 5.32. The van der Waals surface area contributed by atoms with Crippen LogP contribution in [0.25, 0.3) is 11.1 Å². The number of aliphatic hydroxyl groups is 1. The molecule has 2 unspecified atom stereocenters. The molecule has 0 bridgehead atoms. The first-order valence-electron chi connectivity index (χ1n) is 13.9. The monoisotopic (exact) mass is 565 g/mol. The molecule has 41 heavy (non-hydrogen) atoms. The van der Waals surface area contributed by atoms with Crippen LogP contribution in [0.4, 0.5) is 0 Å².